The number of hydrogen-bond acceptors (Lipinski definition) is 4. The molecule has 0 spiro atoms. The van der Waals surface area contributed by atoms with Crippen LogP contribution in [0.2, 0.25) is 0 Å². The molecule has 5 heteroatoms. The molecule has 0 saturated heterocycles. The fourth-order valence-corrected chi connectivity index (χ4v) is 2.38. The van der Waals surface area contributed by atoms with Gasteiger partial charge in [-0.25, -0.2) is 4.79 Å². The minimum Gasteiger partial charge on any atom is -0.467 e. The molecule has 3 N–H and O–H groups in total. The Bertz CT molecular complexity index is 602. The van der Waals surface area contributed by atoms with Gasteiger partial charge in [-0.05, 0) is 46.4 Å². The molecule has 0 radical (unpaired) electrons. The highest BCUT2D eigenvalue weighted by Crippen LogP contribution is 2.26. The van der Waals surface area contributed by atoms with Gasteiger partial charge in [-0.1, -0.05) is 30.3 Å². The summed E-state index contributed by atoms with van der Waals surface area (Å²) in [5, 5.41) is 3.14. The fourth-order valence-electron chi connectivity index (χ4n) is 1.86. The first kappa shape index (κ1) is 14.6. The van der Waals surface area contributed by atoms with E-state index in [4.69, 9.17) is 10.5 Å². The molecule has 0 fully saturated rings. The molecule has 0 bridgehead atoms. The summed E-state index contributed by atoms with van der Waals surface area (Å²) in [6, 6.07) is 14.5. The highest BCUT2D eigenvalue weighted by Gasteiger charge is 2.21. The van der Waals surface area contributed by atoms with Gasteiger partial charge in [0.25, 0.3) is 0 Å². The van der Waals surface area contributed by atoms with Gasteiger partial charge in [0.1, 0.15) is 0 Å². The van der Waals surface area contributed by atoms with Crippen molar-refractivity contribution >= 4 is 39.9 Å². The van der Waals surface area contributed by atoms with Crippen LogP contribution in [-0.2, 0) is 9.53 Å². The van der Waals surface area contributed by atoms with Gasteiger partial charge < -0.3 is 15.8 Å². The predicted octanol–water partition coefficient (Wildman–Crippen LogP) is 3.20. The van der Waals surface area contributed by atoms with Gasteiger partial charge in [0.05, 0.1) is 18.5 Å². The van der Waals surface area contributed by atoms with Gasteiger partial charge in [-0.3, -0.25) is 0 Å². The van der Waals surface area contributed by atoms with Crippen molar-refractivity contribution in [2.45, 2.75) is 6.04 Å². The summed E-state index contributed by atoms with van der Waals surface area (Å²) in [5.41, 5.74) is 8.11. The van der Waals surface area contributed by atoms with Crippen LogP contribution < -0.4 is 11.1 Å². The van der Waals surface area contributed by atoms with Gasteiger partial charge in [-0.15, -0.1) is 0 Å². The molecule has 2 rings (SSSR count). The lowest BCUT2D eigenvalue weighted by Gasteiger charge is -2.19. The molecule has 1 atom stereocenters. The molecule has 0 amide bonds. The first-order valence-corrected chi connectivity index (χ1v) is 7.14. The van der Waals surface area contributed by atoms with Gasteiger partial charge in [-0.2, -0.15) is 0 Å². The third kappa shape index (κ3) is 3.41. The smallest absolute Gasteiger partial charge is 0.332 e. The van der Waals surface area contributed by atoms with Crippen molar-refractivity contribution < 1.29 is 9.53 Å². The number of nitrogens with two attached hydrogens (primary N) is 1. The summed E-state index contributed by atoms with van der Waals surface area (Å²) in [6.45, 7) is 0. The Morgan fingerprint density at radius 3 is 2.55 bits per heavy atom. The average molecular weight is 382 g/mol. The molecule has 104 valence electrons. The van der Waals surface area contributed by atoms with Crippen LogP contribution in [0.25, 0.3) is 0 Å². The molecule has 0 aromatic heterocycles. The number of nitrogens with one attached hydrogen (secondary N) is 1. The van der Waals surface area contributed by atoms with Crippen molar-refractivity contribution in [2.75, 3.05) is 18.2 Å². The molecule has 20 heavy (non-hydrogen) atoms. The zero-order chi connectivity index (χ0) is 14.5. The summed E-state index contributed by atoms with van der Waals surface area (Å²) < 4.78 is 5.90. The van der Waals surface area contributed by atoms with Crippen molar-refractivity contribution in [3.8, 4) is 0 Å². The molecule has 0 saturated carbocycles. The molecular weight excluding hydrogens is 367 g/mol. The van der Waals surface area contributed by atoms with E-state index in [0.717, 1.165) is 9.13 Å². The second kappa shape index (κ2) is 6.60. The van der Waals surface area contributed by atoms with E-state index in [0.29, 0.717) is 11.4 Å². The number of anilines is 2. The Morgan fingerprint density at radius 1 is 1.25 bits per heavy atom. The number of hydrogen-bond donors (Lipinski definition) is 2. The van der Waals surface area contributed by atoms with Crippen LogP contribution >= 0.6 is 22.6 Å². The van der Waals surface area contributed by atoms with E-state index in [-0.39, 0.29) is 5.97 Å². The largest absolute Gasteiger partial charge is 0.467 e. The molecule has 2 aromatic rings. The van der Waals surface area contributed by atoms with Gasteiger partial charge in [0.15, 0.2) is 6.04 Å². The predicted molar refractivity (Wildman–Crippen MR) is 88.4 cm³/mol. The quantitative estimate of drug-likeness (QED) is 0.484. The monoisotopic (exact) mass is 382 g/mol. The number of nitrogen functional groups attached to an aromatic ring is 1. The Balaban J connectivity index is 2.31. The highest BCUT2D eigenvalue weighted by molar-refractivity contribution is 14.1. The lowest BCUT2D eigenvalue weighted by molar-refractivity contribution is -0.141. The molecule has 2 aromatic carbocycles. The van der Waals surface area contributed by atoms with E-state index in [1.54, 1.807) is 0 Å². The lowest BCUT2D eigenvalue weighted by Crippen LogP contribution is -2.22. The Morgan fingerprint density at radius 2 is 1.95 bits per heavy atom. The topological polar surface area (TPSA) is 64.3 Å². The number of rotatable bonds is 4. The molecule has 0 aliphatic carbocycles. The molecule has 4 nitrogen and oxygen atoms in total. The minimum atomic E-state index is -0.580. The zero-order valence-corrected chi connectivity index (χ0v) is 13.1. The van der Waals surface area contributed by atoms with Crippen LogP contribution in [0.5, 0.6) is 0 Å². The van der Waals surface area contributed by atoms with Gasteiger partial charge in [0.2, 0.25) is 0 Å². The summed E-state index contributed by atoms with van der Waals surface area (Å²) in [4.78, 5) is 12.0. The van der Waals surface area contributed by atoms with Crippen LogP contribution in [0.1, 0.15) is 11.6 Å². The summed E-state index contributed by atoms with van der Waals surface area (Å²) in [7, 11) is 1.37. The van der Waals surface area contributed by atoms with Gasteiger partial charge >= 0.3 is 5.97 Å². The Hall–Kier alpha value is -1.76. The number of ether oxygens (including phenoxy) is 1. The van der Waals surface area contributed by atoms with Crippen LogP contribution in [-0.4, -0.2) is 13.1 Å². The van der Waals surface area contributed by atoms with Crippen molar-refractivity contribution in [2.24, 2.45) is 0 Å². The van der Waals surface area contributed by atoms with Crippen molar-refractivity contribution in [3.05, 3.63) is 57.7 Å². The first-order valence-electron chi connectivity index (χ1n) is 6.06. The van der Waals surface area contributed by atoms with Crippen molar-refractivity contribution in [3.63, 3.8) is 0 Å². The van der Waals surface area contributed by atoms with Crippen LogP contribution in [0, 0.1) is 3.57 Å². The van der Waals surface area contributed by atoms with Crippen LogP contribution in [0.15, 0.2) is 48.5 Å². The maximum absolute atomic E-state index is 12.0. The van der Waals surface area contributed by atoms with E-state index in [1.165, 1.54) is 7.11 Å². The van der Waals surface area contributed by atoms with Crippen molar-refractivity contribution in [1.82, 2.24) is 0 Å². The highest BCUT2D eigenvalue weighted by atomic mass is 127. The third-order valence-electron chi connectivity index (χ3n) is 2.88. The van der Waals surface area contributed by atoms with Crippen LogP contribution in [0.3, 0.4) is 0 Å². The third-order valence-corrected chi connectivity index (χ3v) is 3.55. The Kier molecular flexibility index (Phi) is 4.84. The standard InChI is InChI=1S/C15H15IN2O2/c1-20-15(19)14(10-5-3-2-4-6-10)18-13-8-7-11(16)9-12(13)17/h2-9,14,18H,17H2,1H3. The maximum Gasteiger partial charge on any atom is 0.332 e. The number of benzene rings is 2. The lowest BCUT2D eigenvalue weighted by atomic mass is 10.1. The SMILES string of the molecule is COC(=O)C(Nc1ccc(I)cc1N)c1ccccc1. The number of methoxy groups -OCH3 is 1. The van der Waals surface area contributed by atoms with E-state index in [1.807, 2.05) is 48.5 Å². The van der Waals surface area contributed by atoms with Crippen molar-refractivity contribution in [1.29, 1.82) is 0 Å². The van der Waals surface area contributed by atoms with E-state index < -0.39 is 6.04 Å². The Labute approximate surface area is 131 Å². The fraction of sp³-hybridized carbons (Fsp3) is 0.133. The number of carbonyl (C=O) groups is 1. The average Bonchev–Trinajstić information content (AvgIpc) is 2.46. The number of halogens is 1. The molecular formula is C15H15IN2O2. The second-order valence-electron chi connectivity index (χ2n) is 4.24. The normalized spacial score (nSPS) is 11.7. The molecule has 0 aliphatic heterocycles. The zero-order valence-electron chi connectivity index (χ0n) is 11.0. The van der Waals surface area contributed by atoms with E-state index in [2.05, 4.69) is 27.9 Å². The van der Waals surface area contributed by atoms with Gasteiger partial charge in [0, 0.05) is 3.57 Å². The van der Waals surface area contributed by atoms with Crippen LogP contribution in [0.4, 0.5) is 11.4 Å². The van der Waals surface area contributed by atoms with E-state index >= 15 is 0 Å². The summed E-state index contributed by atoms with van der Waals surface area (Å²) >= 11 is 2.19. The molecule has 0 aliphatic rings. The minimum absolute atomic E-state index is 0.353. The second-order valence-corrected chi connectivity index (χ2v) is 5.49. The number of esters is 1. The summed E-state index contributed by atoms with van der Waals surface area (Å²) in [6.07, 6.45) is 0. The molecule has 0 heterocycles. The number of carbonyl (C=O) groups excluding carboxylic acids is 1. The van der Waals surface area contributed by atoms with E-state index in [9.17, 15) is 4.79 Å². The molecule has 1 unspecified atom stereocenters. The maximum atomic E-state index is 12.0. The first-order chi connectivity index (χ1) is 9.61. The summed E-state index contributed by atoms with van der Waals surface area (Å²) in [5.74, 6) is -0.353.